The highest BCUT2D eigenvalue weighted by molar-refractivity contribution is 6.31. The lowest BCUT2D eigenvalue weighted by Gasteiger charge is -2.37. The first-order valence-electron chi connectivity index (χ1n) is 9.01. The van der Waals surface area contributed by atoms with Gasteiger partial charge in [-0.25, -0.2) is 0 Å². The lowest BCUT2D eigenvalue weighted by molar-refractivity contribution is -0.138. The lowest BCUT2D eigenvalue weighted by Crippen LogP contribution is -2.52. The molecule has 136 valence electrons. The van der Waals surface area contributed by atoms with Gasteiger partial charge in [-0.1, -0.05) is 30.9 Å². The Hall–Kier alpha value is -1.75. The summed E-state index contributed by atoms with van der Waals surface area (Å²) in [6.45, 7) is 2.30. The number of carbonyl (C=O) groups is 2. The number of benzene rings is 1. The molecule has 0 aromatic heterocycles. The molecule has 1 aliphatic carbocycles. The quantitative estimate of drug-likeness (QED) is 0.827. The summed E-state index contributed by atoms with van der Waals surface area (Å²) in [5.41, 5.74) is 0.474. The Kier molecular flexibility index (Phi) is 5.84. The summed E-state index contributed by atoms with van der Waals surface area (Å²) in [6.07, 6.45) is 5.58. The molecule has 1 saturated heterocycles. The molecule has 0 radical (unpaired) electrons. The van der Waals surface area contributed by atoms with Gasteiger partial charge in [-0.15, -0.1) is 0 Å². The van der Waals surface area contributed by atoms with Gasteiger partial charge in [-0.3, -0.25) is 9.59 Å². The van der Waals surface area contributed by atoms with E-state index in [0.717, 1.165) is 25.7 Å². The van der Waals surface area contributed by atoms with E-state index in [1.165, 1.54) is 6.42 Å². The van der Waals surface area contributed by atoms with Gasteiger partial charge in [0.2, 0.25) is 5.91 Å². The van der Waals surface area contributed by atoms with Gasteiger partial charge in [0.1, 0.15) is 5.75 Å². The number of amides is 2. The van der Waals surface area contributed by atoms with E-state index in [4.69, 9.17) is 16.3 Å². The van der Waals surface area contributed by atoms with E-state index >= 15 is 0 Å². The maximum Gasteiger partial charge on any atom is 0.257 e. The SMILES string of the molecule is COc1ccc(Cl)cc1C(=O)N1CCN(C(=O)C2CCCCC2)CC1. The Labute approximate surface area is 153 Å². The van der Waals surface area contributed by atoms with Crippen molar-refractivity contribution < 1.29 is 14.3 Å². The molecule has 5 nitrogen and oxygen atoms in total. The fraction of sp³-hybridized carbons (Fsp3) is 0.579. The molecule has 0 spiro atoms. The van der Waals surface area contributed by atoms with Crippen LogP contribution in [0.3, 0.4) is 0 Å². The molecule has 0 unspecified atom stereocenters. The van der Waals surface area contributed by atoms with Crippen molar-refractivity contribution in [3.8, 4) is 5.75 Å². The van der Waals surface area contributed by atoms with Gasteiger partial charge in [0.15, 0.2) is 0 Å². The van der Waals surface area contributed by atoms with Gasteiger partial charge < -0.3 is 14.5 Å². The van der Waals surface area contributed by atoms with Crippen LogP contribution in [0.25, 0.3) is 0 Å². The molecule has 0 bridgehead atoms. The summed E-state index contributed by atoms with van der Waals surface area (Å²) in [4.78, 5) is 29.1. The molecule has 1 aliphatic heterocycles. The fourth-order valence-corrected chi connectivity index (χ4v) is 3.93. The molecule has 1 aromatic rings. The van der Waals surface area contributed by atoms with Crippen LogP contribution in [0.2, 0.25) is 5.02 Å². The number of carbonyl (C=O) groups excluding carboxylic acids is 2. The smallest absolute Gasteiger partial charge is 0.257 e. The van der Waals surface area contributed by atoms with Crippen molar-refractivity contribution in [2.45, 2.75) is 32.1 Å². The predicted molar refractivity (Wildman–Crippen MR) is 97.1 cm³/mol. The van der Waals surface area contributed by atoms with E-state index in [2.05, 4.69) is 0 Å². The van der Waals surface area contributed by atoms with E-state index in [-0.39, 0.29) is 17.7 Å². The minimum atomic E-state index is -0.0934. The second kappa shape index (κ2) is 8.09. The Morgan fingerprint density at radius 2 is 1.68 bits per heavy atom. The van der Waals surface area contributed by atoms with Crippen molar-refractivity contribution >= 4 is 23.4 Å². The molecule has 3 rings (SSSR count). The normalized spacial score (nSPS) is 19.0. The summed E-state index contributed by atoms with van der Waals surface area (Å²) in [5, 5.41) is 0.510. The lowest BCUT2D eigenvalue weighted by atomic mass is 9.88. The fourth-order valence-electron chi connectivity index (χ4n) is 3.76. The van der Waals surface area contributed by atoms with Crippen molar-refractivity contribution in [3.05, 3.63) is 28.8 Å². The topological polar surface area (TPSA) is 49.9 Å². The van der Waals surface area contributed by atoms with E-state index in [9.17, 15) is 9.59 Å². The molecule has 2 aliphatic rings. The maximum absolute atomic E-state index is 12.8. The Morgan fingerprint density at radius 1 is 1.04 bits per heavy atom. The highest BCUT2D eigenvalue weighted by Crippen LogP contribution is 2.27. The number of piperazine rings is 1. The minimum absolute atomic E-state index is 0.0934. The molecule has 2 fully saturated rings. The third-order valence-electron chi connectivity index (χ3n) is 5.22. The predicted octanol–water partition coefficient (Wildman–Crippen LogP) is 3.21. The van der Waals surface area contributed by atoms with Gasteiger partial charge in [0, 0.05) is 37.1 Å². The van der Waals surface area contributed by atoms with Crippen LogP contribution in [0, 0.1) is 5.92 Å². The van der Waals surface area contributed by atoms with Gasteiger partial charge >= 0.3 is 0 Å². The molecule has 1 heterocycles. The van der Waals surface area contributed by atoms with Crippen molar-refractivity contribution in [1.29, 1.82) is 0 Å². The number of rotatable bonds is 3. The average Bonchev–Trinajstić information content (AvgIpc) is 2.67. The Balaban J connectivity index is 1.61. The number of halogens is 1. The number of hydrogen-bond donors (Lipinski definition) is 0. The molecule has 0 N–H and O–H groups in total. The van der Waals surface area contributed by atoms with Crippen molar-refractivity contribution in [3.63, 3.8) is 0 Å². The van der Waals surface area contributed by atoms with Crippen LogP contribution >= 0.6 is 11.6 Å². The van der Waals surface area contributed by atoms with E-state index in [1.807, 2.05) is 4.90 Å². The molecule has 6 heteroatoms. The Bertz CT molecular complexity index is 636. The molecule has 2 amide bonds. The van der Waals surface area contributed by atoms with Crippen molar-refractivity contribution in [2.75, 3.05) is 33.3 Å². The van der Waals surface area contributed by atoms with Gasteiger partial charge in [-0.05, 0) is 31.0 Å². The minimum Gasteiger partial charge on any atom is -0.496 e. The van der Waals surface area contributed by atoms with Gasteiger partial charge in [-0.2, -0.15) is 0 Å². The summed E-state index contributed by atoms with van der Waals surface area (Å²) in [6, 6.07) is 5.05. The molecular weight excluding hydrogens is 340 g/mol. The summed E-state index contributed by atoms with van der Waals surface area (Å²) in [5.74, 6) is 0.885. The molecule has 1 aromatic carbocycles. The third-order valence-corrected chi connectivity index (χ3v) is 5.46. The van der Waals surface area contributed by atoms with Gasteiger partial charge in [0.25, 0.3) is 5.91 Å². The molecule has 25 heavy (non-hydrogen) atoms. The largest absolute Gasteiger partial charge is 0.496 e. The summed E-state index contributed by atoms with van der Waals surface area (Å²) >= 11 is 6.03. The van der Waals surface area contributed by atoms with Crippen LogP contribution in [-0.4, -0.2) is 54.9 Å². The number of hydrogen-bond acceptors (Lipinski definition) is 3. The second-order valence-corrected chi connectivity index (χ2v) is 7.23. The zero-order valence-corrected chi connectivity index (χ0v) is 15.4. The van der Waals surface area contributed by atoms with Crippen LogP contribution < -0.4 is 4.74 Å². The van der Waals surface area contributed by atoms with E-state index < -0.39 is 0 Å². The monoisotopic (exact) mass is 364 g/mol. The van der Waals surface area contributed by atoms with Crippen LogP contribution in [0.15, 0.2) is 18.2 Å². The van der Waals surface area contributed by atoms with E-state index in [0.29, 0.717) is 42.5 Å². The average molecular weight is 365 g/mol. The van der Waals surface area contributed by atoms with Crippen LogP contribution in [0.1, 0.15) is 42.5 Å². The zero-order chi connectivity index (χ0) is 17.8. The highest BCUT2D eigenvalue weighted by Gasteiger charge is 2.30. The van der Waals surface area contributed by atoms with Crippen LogP contribution in [0.4, 0.5) is 0 Å². The number of ether oxygens (including phenoxy) is 1. The molecule has 1 saturated carbocycles. The van der Waals surface area contributed by atoms with Crippen molar-refractivity contribution in [2.24, 2.45) is 5.92 Å². The first kappa shape index (κ1) is 18.1. The third kappa shape index (κ3) is 4.09. The van der Waals surface area contributed by atoms with Crippen molar-refractivity contribution in [1.82, 2.24) is 9.80 Å². The van der Waals surface area contributed by atoms with E-state index in [1.54, 1.807) is 30.2 Å². The Morgan fingerprint density at radius 3 is 2.32 bits per heavy atom. The highest BCUT2D eigenvalue weighted by atomic mass is 35.5. The first-order valence-corrected chi connectivity index (χ1v) is 9.39. The second-order valence-electron chi connectivity index (χ2n) is 6.80. The maximum atomic E-state index is 12.8. The molecular formula is C19H25ClN2O3. The van der Waals surface area contributed by atoms with Gasteiger partial charge in [0.05, 0.1) is 12.7 Å². The summed E-state index contributed by atoms with van der Waals surface area (Å²) in [7, 11) is 1.54. The number of nitrogens with zero attached hydrogens (tertiary/aromatic N) is 2. The number of methoxy groups -OCH3 is 1. The zero-order valence-electron chi connectivity index (χ0n) is 14.7. The molecule has 0 atom stereocenters. The first-order chi connectivity index (χ1) is 12.1. The van der Waals surface area contributed by atoms with Crippen LogP contribution in [0.5, 0.6) is 5.75 Å². The standard InChI is InChI=1S/C19H25ClN2O3/c1-25-17-8-7-15(20)13-16(17)19(24)22-11-9-21(10-12-22)18(23)14-5-3-2-4-6-14/h7-8,13-14H,2-6,9-12H2,1H3. The van der Waals surface area contributed by atoms with Crippen LogP contribution in [-0.2, 0) is 4.79 Å². The summed E-state index contributed by atoms with van der Waals surface area (Å²) < 4.78 is 5.28.